The predicted octanol–water partition coefficient (Wildman–Crippen LogP) is 3.96. The van der Waals surface area contributed by atoms with E-state index in [-0.39, 0.29) is 23.9 Å². The van der Waals surface area contributed by atoms with E-state index in [2.05, 4.69) is 4.98 Å². The monoisotopic (exact) mass is 357 g/mol. The maximum Gasteiger partial charge on any atom is 0.231 e. The minimum atomic E-state index is -0.186. The van der Waals surface area contributed by atoms with Gasteiger partial charge in [0.15, 0.2) is 18.1 Å². The molecule has 27 heavy (non-hydrogen) atoms. The summed E-state index contributed by atoms with van der Waals surface area (Å²) in [6.45, 7) is -0.0868. The van der Waals surface area contributed by atoms with Crippen LogP contribution in [0.1, 0.15) is 26.3 Å². The third kappa shape index (κ3) is 3.62. The Kier molecular flexibility index (Phi) is 4.49. The highest BCUT2D eigenvalue weighted by molar-refractivity contribution is 6.14. The lowest BCUT2D eigenvalue weighted by atomic mass is 10.1. The van der Waals surface area contributed by atoms with E-state index >= 15 is 0 Å². The Balaban J connectivity index is 1.48. The molecule has 0 saturated heterocycles. The molecule has 0 bridgehead atoms. The molecule has 0 N–H and O–H groups in total. The summed E-state index contributed by atoms with van der Waals surface area (Å²) in [4.78, 5) is 28.5. The molecule has 2 aromatic carbocycles. The van der Waals surface area contributed by atoms with Crippen LogP contribution in [-0.2, 0) is 0 Å². The Morgan fingerprint density at radius 2 is 1.81 bits per heavy atom. The number of carbonyl (C=O) groups is 2. The van der Waals surface area contributed by atoms with Gasteiger partial charge in [-0.05, 0) is 35.9 Å². The SMILES string of the molecule is O=C(COc1ccc2c(c1)O/C(=C\c1ccncc1)C2=O)c1ccccc1. The Morgan fingerprint density at radius 3 is 2.59 bits per heavy atom. The number of carbonyl (C=O) groups excluding carboxylic acids is 2. The van der Waals surface area contributed by atoms with Gasteiger partial charge in [0.25, 0.3) is 0 Å². The number of allylic oxidation sites excluding steroid dienone is 1. The number of ether oxygens (including phenoxy) is 2. The normalized spacial score (nSPS) is 13.9. The first kappa shape index (κ1) is 16.7. The van der Waals surface area contributed by atoms with Crippen LogP contribution in [0.5, 0.6) is 11.5 Å². The molecule has 0 radical (unpaired) electrons. The number of Topliss-reactive ketones (excluding diaryl/α,β-unsaturated/α-hetero) is 2. The van der Waals surface area contributed by atoms with Crippen LogP contribution in [0.2, 0.25) is 0 Å². The van der Waals surface area contributed by atoms with E-state index in [4.69, 9.17) is 9.47 Å². The zero-order valence-corrected chi connectivity index (χ0v) is 14.3. The smallest absolute Gasteiger partial charge is 0.231 e. The Morgan fingerprint density at radius 1 is 1.04 bits per heavy atom. The number of hydrogen-bond donors (Lipinski definition) is 0. The fraction of sp³-hybridized carbons (Fsp3) is 0.0455. The molecule has 5 heteroatoms. The van der Waals surface area contributed by atoms with Crippen LogP contribution in [0.4, 0.5) is 0 Å². The molecule has 3 aromatic rings. The van der Waals surface area contributed by atoms with E-state index in [0.717, 1.165) is 5.56 Å². The summed E-state index contributed by atoms with van der Waals surface area (Å²) in [6, 6.07) is 17.5. The molecule has 1 aliphatic rings. The number of pyridine rings is 1. The van der Waals surface area contributed by atoms with Crippen LogP contribution in [-0.4, -0.2) is 23.2 Å². The Labute approximate surface area is 155 Å². The molecule has 0 unspecified atom stereocenters. The van der Waals surface area contributed by atoms with Crippen molar-refractivity contribution in [1.82, 2.24) is 4.98 Å². The predicted molar refractivity (Wildman–Crippen MR) is 99.9 cm³/mol. The average molecular weight is 357 g/mol. The highest BCUT2D eigenvalue weighted by atomic mass is 16.5. The van der Waals surface area contributed by atoms with Crippen molar-refractivity contribution in [2.24, 2.45) is 0 Å². The molecule has 0 fully saturated rings. The Bertz CT molecular complexity index is 1030. The van der Waals surface area contributed by atoms with Gasteiger partial charge in [-0.15, -0.1) is 0 Å². The van der Waals surface area contributed by atoms with E-state index in [9.17, 15) is 9.59 Å². The van der Waals surface area contributed by atoms with Gasteiger partial charge in [-0.25, -0.2) is 0 Å². The van der Waals surface area contributed by atoms with E-state index in [1.54, 1.807) is 73.1 Å². The zero-order valence-electron chi connectivity index (χ0n) is 14.3. The summed E-state index contributed by atoms with van der Waals surface area (Å²) in [5.41, 5.74) is 1.88. The Hall–Kier alpha value is -3.73. The topological polar surface area (TPSA) is 65.5 Å². The number of rotatable bonds is 5. The molecular formula is C22H15NO4. The molecule has 0 spiro atoms. The van der Waals surface area contributed by atoms with Crippen LogP contribution in [0.15, 0.2) is 78.8 Å². The second-order valence-corrected chi connectivity index (χ2v) is 5.96. The number of ketones is 2. The molecule has 0 aliphatic carbocycles. The van der Waals surface area contributed by atoms with Gasteiger partial charge in [0.05, 0.1) is 5.56 Å². The molecule has 132 valence electrons. The summed E-state index contributed by atoms with van der Waals surface area (Å²) in [6.07, 6.45) is 4.97. The van der Waals surface area contributed by atoms with Gasteiger partial charge in [0, 0.05) is 24.0 Å². The number of aromatic nitrogens is 1. The van der Waals surface area contributed by atoms with Crippen molar-refractivity contribution in [3.05, 3.63) is 95.5 Å². The second-order valence-electron chi connectivity index (χ2n) is 5.96. The lowest BCUT2D eigenvalue weighted by Crippen LogP contribution is -2.11. The van der Waals surface area contributed by atoms with E-state index in [1.807, 2.05) is 6.07 Å². The molecule has 0 atom stereocenters. The fourth-order valence-corrected chi connectivity index (χ4v) is 2.72. The first-order valence-corrected chi connectivity index (χ1v) is 8.40. The standard InChI is InChI=1S/C22H15NO4/c24-19(16-4-2-1-3-5-16)14-26-17-6-7-18-20(13-17)27-21(22(18)25)12-15-8-10-23-11-9-15/h1-13H,14H2/b21-12-. The second kappa shape index (κ2) is 7.25. The minimum absolute atomic E-state index is 0.0868. The van der Waals surface area contributed by atoms with Crippen LogP contribution in [0.3, 0.4) is 0 Å². The van der Waals surface area contributed by atoms with Crippen molar-refractivity contribution in [2.75, 3.05) is 6.61 Å². The van der Waals surface area contributed by atoms with Gasteiger partial charge in [-0.2, -0.15) is 0 Å². The van der Waals surface area contributed by atoms with Gasteiger partial charge in [0.2, 0.25) is 5.78 Å². The maximum absolute atomic E-state index is 12.5. The molecule has 2 heterocycles. The summed E-state index contributed by atoms with van der Waals surface area (Å²) < 4.78 is 11.2. The summed E-state index contributed by atoms with van der Waals surface area (Å²) >= 11 is 0. The quantitative estimate of drug-likeness (QED) is 0.511. The third-order valence-electron chi connectivity index (χ3n) is 4.11. The third-order valence-corrected chi connectivity index (χ3v) is 4.11. The minimum Gasteiger partial charge on any atom is -0.485 e. The van der Waals surface area contributed by atoms with Crippen molar-refractivity contribution in [1.29, 1.82) is 0 Å². The van der Waals surface area contributed by atoms with Gasteiger partial charge >= 0.3 is 0 Å². The number of hydrogen-bond acceptors (Lipinski definition) is 5. The van der Waals surface area contributed by atoms with Crippen LogP contribution >= 0.6 is 0 Å². The molecule has 0 amide bonds. The van der Waals surface area contributed by atoms with Crippen LogP contribution in [0.25, 0.3) is 6.08 Å². The van der Waals surface area contributed by atoms with E-state index in [0.29, 0.717) is 22.6 Å². The van der Waals surface area contributed by atoms with Crippen molar-refractivity contribution in [3.63, 3.8) is 0 Å². The lowest BCUT2D eigenvalue weighted by Gasteiger charge is -2.06. The van der Waals surface area contributed by atoms with Crippen molar-refractivity contribution in [3.8, 4) is 11.5 Å². The van der Waals surface area contributed by atoms with Gasteiger partial charge in [-0.1, -0.05) is 30.3 Å². The van der Waals surface area contributed by atoms with Crippen molar-refractivity contribution >= 4 is 17.6 Å². The first-order valence-electron chi connectivity index (χ1n) is 8.40. The van der Waals surface area contributed by atoms with Crippen molar-refractivity contribution in [2.45, 2.75) is 0 Å². The highest BCUT2D eigenvalue weighted by Crippen LogP contribution is 2.34. The van der Waals surface area contributed by atoms with Crippen LogP contribution in [0, 0.1) is 0 Å². The molecule has 4 rings (SSSR count). The molecular weight excluding hydrogens is 342 g/mol. The summed E-state index contributed by atoms with van der Waals surface area (Å²) in [5, 5.41) is 0. The fourth-order valence-electron chi connectivity index (χ4n) is 2.72. The lowest BCUT2D eigenvalue weighted by molar-refractivity contribution is 0.0921. The molecule has 0 saturated carbocycles. The zero-order chi connectivity index (χ0) is 18.6. The highest BCUT2D eigenvalue weighted by Gasteiger charge is 2.27. The van der Waals surface area contributed by atoms with Gasteiger partial charge in [-0.3, -0.25) is 14.6 Å². The number of benzene rings is 2. The van der Waals surface area contributed by atoms with E-state index < -0.39 is 0 Å². The molecule has 1 aromatic heterocycles. The van der Waals surface area contributed by atoms with Gasteiger partial charge in [0.1, 0.15) is 11.5 Å². The summed E-state index contributed by atoms with van der Waals surface area (Å²) in [5.74, 6) is 0.828. The molecule has 1 aliphatic heterocycles. The van der Waals surface area contributed by atoms with Crippen molar-refractivity contribution < 1.29 is 19.1 Å². The largest absolute Gasteiger partial charge is 0.485 e. The maximum atomic E-state index is 12.5. The number of nitrogens with zero attached hydrogens (tertiary/aromatic N) is 1. The van der Waals surface area contributed by atoms with Gasteiger partial charge < -0.3 is 9.47 Å². The number of fused-ring (bicyclic) bond motifs is 1. The average Bonchev–Trinajstić information content (AvgIpc) is 3.02. The van der Waals surface area contributed by atoms with E-state index in [1.165, 1.54) is 0 Å². The molecule has 5 nitrogen and oxygen atoms in total. The van der Waals surface area contributed by atoms with Crippen LogP contribution < -0.4 is 9.47 Å². The first-order chi connectivity index (χ1) is 13.2. The summed E-state index contributed by atoms with van der Waals surface area (Å²) in [7, 11) is 0.